The summed E-state index contributed by atoms with van der Waals surface area (Å²) in [5.41, 5.74) is 11.4. The highest BCUT2D eigenvalue weighted by Gasteiger charge is 2.18. The number of hydrogen-bond donors (Lipinski definition) is 3. The molecule has 0 radical (unpaired) electrons. The third-order valence-corrected chi connectivity index (χ3v) is 3.90. The van der Waals surface area contributed by atoms with Gasteiger partial charge in [0.1, 0.15) is 0 Å². The molecule has 0 amide bonds. The number of rotatable bonds is 12. The molecule has 0 spiro atoms. The molecule has 5 N–H and O–H groups in total. The third kappa shape index (κ3) is 19.8. The Bertz CT molecular complexity index is 217. The smallest absolute Gasteiger partial charge is 0.00248 e. The summed E-state index contributed by atoms with van der Waals surface area (Å²) >= 11 is 0. The normalized spacial score (nSPS) is 13.0. The van der Waals surface area contributed by atoms with Crippen LogP contribution in [0.1, 0.15) is 59.3 Å². The third-order valence-electron chi connectivity index (χ3n) is 3.90. The van der Waals surface area contributed by atoms with E-state index in [1.54, 1.807) is 0 Å². The average molecular weight is 317 g/mol. The Morgan fingerprint density at radius 2 is 1.64 bits per heavy atom. The van der Waals surface area contributed by atoms with E-state index in [2.05, 4.69) is 45.1 Å². The van der Waals surface area contributed by atoms with E-state index in [1.165, 1.54) is 45.2 Å². The van der Waals surface area contributed by atoms with Crippen molar-refractivity contribution < 1.29 is 0 Å². The zero-order valence-electron chi connectivity index (χ0n) is 16.3. The molecule has 0 heterocycles. The van der Waals surface area contributed by atoms with Crippen molar-refractivity contribution in [2.24, 2.45) is 22.8 Å². The van der Waals surface area contributed by atoms with E-state index in [9.17, 15) is 0 Å². The Hall–Kier alpha value is -0.160. The van der Waals surface area contributed by atoms with Crippen LogP contribution in [0.3, 0.4) is 0 Å². The van der Waals surface area contributed by atoms with Crippen molar-refractivity contribution in [3.05, 3.63) is 0 Å². The van der Waals surface area contributed by atoms with Gasteiger partial charge in [0.2, 0.25) is 0 Å². The summed E-state index contributed by atoms with van der Waals surface area (Å²) in [6.07, 6.45) is 7.71. The van der Waals surface area contributed by atoms with Gasteiger partial charge in [0.25, 0.3) is 0 Å². The summed E-state index contributed by atoms with van der Waals surface area (Å²) in [5.74, 6) is 0.707. The lowest BCUT2D eigenvalue weighted by Crippen LogP contribution is -2.26. The maximum absolute atomic E-state index is 5.62. The predicted molar refractivity (Wildman–Crippen MR) is 101 cm³/mol. The van der Waals surface area contributed by atoms with Crippen LogP contribution in [0.2, 0.25) is 0 Å². The predicted octanol–water partition coefficient (Wildman–Crippen LogP) is 2.67. The van der Waals surface area contributed by atoms with E-state index in [-0.39, 0.29) is 5.41 Å². The molecule has 0 bridgehead atoms. The lowest BCUT2D eigenvalue weighted by molar-refractivity contribution is 0.279. The molecule has 136 valence electrons. The second kappa shape index (κ2) is 15.7. The van der Waals surface area contributed by atoms with Gasteiger partial charge < -0.3 is 21.7 Å². The minimum atomic E-state index is 0.286. The first-order chi connectivity index (χ1) is 10.3. The molecule has 0 saturated heterocycles. The van der Waals surface area contributed by atoms with E-state index < -0.39 is 0 Å². The Morgan fingerprint density at radius 1 is 1.05 bits per heavy atom. The summed E-state index contributed by atoms with van der Waals surface area (Å²) in [7, 11) is 6.28. The molecule has 4 heteroatoms. The molecule has 22 heavy (non-hydrogen) atoms. The van der Waals surface area contributed by atoms with Crippen molar-refractivity contribution >= 4 is 0 Å². The van der Waals surface area contributed by atoms with Gasteiger partial charge in [0.05, 0.1) is 0 Å². The van der Waals surface area contributed by atoms with Crippen LogP contribution in [0, 0.1) is 11.3 Å². The largest absolute Gasteiger partial charge is 0.330 e. The van der Waals surface area contributed by atoms with Gasteiger partial charge in [-0.15, -0.1) is 0 Å². The molecular formula is C18H44N4. The van der Waals surface area contributed by atoms with Crippen molar-refractivity contribution in [2.45, 2.75) is 59.3 Å². The van der Waals surface area contributed by atoms with Crippen molar-refractivity contribution in [2.75, 3.05) is 47.3 Å². The first-order valence-electron chi connectivity index (χ1n) is 8.98. The molecule has 0 rings (SSSR count). The summed E-state index contributed by atoms with van der Waals surface area (Å²) in [4.78, 5) is 2.25. The summed E-state index contributed by atoms with van der Waals surface area (Å²) in [6, 6.07) is 0. The van der Waals surface area contributed by atoms with Gasteiger partial charge in [-0.2, -0.15) is 0 Å². The molecule has 0 aliphatic heterocycles. The molecule has 0 aliphatic rings. The van der Waals surface area contributed by atoms with Gasteiger partial charge in [0.15, 0.2) is 0 Å². The first-order valence-corrected chi connectivity index (χ1v) is 8.98. The topological polar surface area (TPSA) is 67.3 Å². The zero-order valence-corrected chi connectivity index (χ0v) is 16.3. The molecule has 0 aromatic rings. The minimum absolute atomic E-state index is 0.286. The lowest BCUT2D eigenvalue weighted by atomic mass is 9.82. The van der Waals surface area contributed by atoms with Gasteiger partial charge in [0, 0.05) is 0 Å². The van der Waals surface area contributed by atoms with Crippen LogP contribution in [0.4, 0.5) is 0 Å². The molecule has 1 unspecified atom stereocenters. The Morgan fingerprint density at radius 3 is 2.09 bits per heavy atom. The maximum atomic E-state index is 5.62. The summed E-state index contributed by atoms with van der Waals surface area (Å²) in [6.45, 7) is 10.6. The van der Waals surface area contributed by atoms with Crippen LogP contribution in [-0.4, -0.2) is 52.2 Å². The van der Waals surface area contributed by atoms with Crippen LogP contribution in [0.5, 0.6) is 0 Å². The van der Waals surface area contributed by atoms with Crippen LogP contribution >= 0.6 is 0 Å². The molecule has 4 nitrogen and oxygen atoms in total. The van der Waals surface area contributed by atoms with E-state index in [1.807, 2.05) is 7.05 Å². The van der Waals surface area contributed by atoms with Crippen LogP contribution in [-0.2, 0) is 0 Å². The van der Waals surface area contributed by atoms with Gasteiger partial charge in [-0.05, 0) is 84.3 Å². The van der Waals surface area contributed by atoms with Crippen LogP contribution in [0.15, 0.2) is 0 Å². The number of nitrogens with one attached hydrogen (secondary N) is 1. The number of nitrogens with two attached hydrogens (primary N) is 2. The molecule has 0 aromatic heterocycles. The monoisotopic (exact) mass is 316 g/mol. The SMILES string of the molecule is CC(CCN)CC(C)(C)CN.CNCCCCCCN(C)C. The second-order valence-electron chi connectivity index (χ2n) is 7.58. The molecule has 1 atom stereocenters. The fourth-order valence-corrected chi connectivity index (χ4v) is 2.50. The van der Waals surface area contributed by atoms with Crippen molar-refractivity contribution in [1.82, 2.24) is 10.2 Å². The highest BCUT2D eigenvalue weighted by Crippen LogP contribution is 2.24. The maximum Gasteiger partial charge on any atom is -0.00248 e. The van der Waals surface area contributed by atoms with Gasteiger partial charge in [-0.3, -0.25) is 0 Å². The molecule has 0 fully saturated rings. The van der Waals surface area contributed by atoms with Crippen LogP contribution in [0.25, 0.3) is 0 Å². The molecular weight excluding hydrogens is 272 g/mol. The zero-order chi connectivity index (χ0) is 17.4. The van der Waals surface area contributed by atoms with Crippen molar-refractivity contribution in [1.29, 1.82) is 0 Å². The van der Waals surface area contributed by atoms with E-state index in [4.69, 9.17) is 11.5 Å². The molecule has 0 aromatic carbocycles. The van der Waals surface area contributed by atoms with E-state index in [0.717, 1.165) is 19.5 Å². The van der Waals surface area contributed by atoms with Crippen LogP contribution < -0.4 is 16.8 Å². The van der Waals surface area contributed by atoms with Gasteiger partial charge in [-0.1, -0.05) is 33.6 Å². The summed E-state index contributed by atoms with van der Waals surface area (Å²) in [5, 5.41) is 3.16. The van der Waals surface area contributed by atoms with Crippen molar-refractivity contribution in [3.63, 3.8) is 0 Å². The molecule has 0 saturated carbocycles. The van der Waals surface area contributed by atoms with Crippen molar-refractivity contribution in [3.8, 4) is 0 Å². The average Bonchev–Trinajstić information content (AvgIpc) is 2.43. The Kier molecular flexibility index (Phi) is 17.2. The highest BCUT2D eigenvalue weighted by molar-refractivity contribution is 4.72. The lowest BCUT2D eigenvalue weighted by Gasteiger charge is -2.25. The summed E-state index contributed by atoms with van der Waals surface area (Å²) < 4.78 is 0. The van der Waals surface area contributed by atoms with E-state index >= 15 is 0 Å². The molecule has 0 aliphatic carbocycles. The number of nitrogens with zero attached hydrogens (tertiary/aromatic N) is 1. The first kappa shape index (κ1) is 24.1. The second-order valence-corrected chi connectivity index (χ2v) is 7.58. The number of hydrogen-bond acceptors (Lipinski definition) is 4. The van der Waals surface area contributed by atoms with Gasteiger partial charge in [-0.25, -0.2) is 0 Å². The van der Waals surface area contributed by atoms with E-state index in [0.29, 0.717) is 5.92 Å². The fraction of sp³-hybridized carbons (Fsp3) is 1.00. The fourth-order valence-electron chi connectivity index (χ4n) is 2.50. The minimum Gasteiger partial charge on any atom is -0.330 e. The Balaban J connectivity index is 0. The quantitative estimate of drug-likeness (QED) is 0.484. The standard InChI is InChI=1S/2C9H22N2/c1-8(4-5-10)6-9(2,3)7-11;1-10-8-6-4-5-7-9-11(2)3/h8H,4-7,10-11H2,1-3H3;10H,4-9H2,1-3H3. The van der Waals surface area contributed by atoms with Gasteiger partial charge >= 0.3 is 0 Å². The number of unbranched alkanes of at least 4 members (excludes halogenated alkanes) is 3. The Labute approximate surface area is 140 Å². The highest BCUT2D eigenvalue weighted by atomic mass is 15.0.